The SMILES string of the molecule is CC(=O)C(C)C(C)F. The molecule has 0 spiro atoms. The smallest absolute Gasteiger partial charge is 0.135 e. The summed E-state index contributed by atoms with van der Waals surface area (Å²) in [7, 11) is 0. The topological polar surface area (TPSA) is 17.1 Å². The second-order valence-electron chi connectivity index (χ2n) is 2.08. The summed E-state index contributed by atoms with van der Waals surface area (Å²) in [5.74, 6) is -0.519. The Balaban J connectivity index is 3.64. The third kappa shape index (κ3) is 2.05. The van der Waals surface area contributed by atoms with Gasteiger partial charge >= 0.3 is 0 Å². The zero-order valence-corrected chi connectivity index (χ0v) is 5.44. The predicted octanol–water partition coefficient (Wildman–Crippen LogP) is 1.57. The number of hydrogen-bond donors (Lipinski definition) is 0. The Kier molecular flexibility index (Phi) is 2.66. The zero-order chi connectivity index (χ0) is 6.73. The van der Waals surface area contributed by atoms with Crippen LogP contribution in [-0.2, 0) is 4.79 Å². The van der Waals surface area contributed by atoms with E-state index in [0.717, 1.165) is 0 Å². The van der Waals surface area contributed by atoms with Crippen LogP contribution in [0.3, 0.4) is 0 Å². The number of halogens is 1. The van der Waals surface area contributed by atoms with Crippen LogP contribution in [0.4, 0.5) is 4.39 Å². The number of ketones is 1. The maximum absolute atomic E-state index is 12.1. The van der Waals surface area contributed by atoms with E-state index in [1.165, 1.54) is 13.8 Å². The molecule has 0 aliphatic carbocycles. The van der Waals surface area contributed by atoms with Gasteiger partial charge in [0.2, 0.25) is 0 Å². The number of hydrogen-bond acceptors (Lipinski definition) is 1. The van der Waals surface area contributed by atoms with Gasteiger partial charge in [-0.1, -0.05) is 6.92 Å². The molecule has 48 valence electrons. The lowest BCUT2D eigenvalue weighted by atomic mass is 10.0. The molecular weight excluding hydrogens is 107 g/mol. The molecule has 0 aliphatic rings. The molecule has 0 amide bonds. The van der Waals surface area contributed by atoms with Gasteiger partial charge in [0.05, 0.1) is 0 Å². The van der Waals surface area contributed by atoms with Gasteiger partial charge in [-0.05, 0) is 13.8 Å². The molecule has 0 N–H and O–H groups in total. The summed E-state index contributed by atoms with van der Waals surface area (Å²) in [5, 5.41) is 0. The molecule has 0 radical (unpaired) electrons. The fourth-order valence-electron chi connectivity index (χ4n) is 0.323. The Hall–Kier alpha value is -0.400. The van der Waals surface area contributed by atoms with Crippen LogP contribution in [0.5, 0.6) is 0 Å². The van der Waals surface area contributed by atoms with Crippen LogP contribution in [0.1, 0.15) is 20.8 Å². The Bertz CT molecular complexity index is 88.5. The molecule has 2 unspecified atom stereocenters. The van der Waals surface area contributed by atoms with E-state index in [1.807, 2.05) is 0 Å². The van der Waals surface area contributed by atoms with Crippen molar-refractivity contribution in [2.75, 3.05) is 0 Å². The van der Waals surface area contributed by atoms with Crippen molar-refractivity contribution >= 4 is 5.78 Å². The van der Waals surface area contributed by atoms with Crippen LogP contribution in [-0.4, -0.2) is 12.0 Å². The molecule has 0 aromatic carbocycles. The van der Waals surface area contributed by atoms with Crippen LogP contribution in [0.2, 0.25) is 0 Å². The summed E-state index contributed by atoms with van der Waals surface area (Å²) in [6.07, 6.45) is -1.01. The molecule has 0 saturated heterocycles. The van der Waals surface area contributed by atoms with Gasteiger partial charge in [-0.15, -0.1) is 0 Å². The molecular formula is C6H11FO. The van der Waals surface area contributed by atoms with Gasteiger partial charge in [0.15, 0.2) is 0 Å². The molecule has 0 fully saturated rings. The van der Waals surface area contributed by atoms with Crippen LogP contribution in [0.25, 0.3) is 0 Å². The standard InChI is InChI=1S/C6H11FO/c1-4(5(2)7)6(3)8/h4-5H,1-3H3. The lowest BCUT2D eigenvalue weighted by Gasteiger charge is -2.05. The Morgan fingerprint density at radius 2 is 1.88 bits per heavy atom. The van der Waals surface area contributed by atoms with Crippen LogP contribution in [0.15, 0.2) is 0 Å². The van der Waals surface area contributed by atoms with Crippen molar-refractivity contribution in [1.82, 2.24) is 0 Å². The largest absolute Gasteiger partial charge is 0.300 e. The highest BCUT2D eigenvalue weighted by atomic mass is 19.1. The average molecular weight is 118 g/mol. The van der Waals surface area contributed by atoms with Gasteiger partial charge in [-0.2, -0.15) is 0 Å². The van der Waals surface area contributed by atoms with E-state index in [-0.39, 0.29) is 5.78 Å². The number of carbonyl (C=O) groups excluding carboxylic acids is 1. The maximum atomic E-state index is 12.1. The summed E-state index contributed by atoms with van der Waals surface area (Å²) in [4.78, 5) is 10.3. The van der Waals surface area contributed by atoms with Crippen molar-refractivity contribution < 1.29 is 9.18 Å². The first-order chi connectivity index (χ1) is 3.55. The number of rotatable bonds is 2. The predicted molar refractivity (Wildman–Crippen MR) is 30.4 cm³/mol. The number of Topliss-reactive ketones (excluding diaryl/α,β-unsaturated/α-hetero) is 1. The Labute approximate surface area is 48.9 Å². The van der Waals surface area contributed by atoms with Crippen molar-refractivity contribution in [3.05, 3.63) is 0 Å². The first-order valence-electron chi connectivity index (χ1n) is 2.70. The molecule has 1 nitrogen and oxygen atoms in total. The normalized spacial score (nSPS) is 17.5. The van der Waals surface area contributed by atoms with Gasteiger partial charge in [-0.3, -0.25) is 4.79 Å². The lowest BCUT2D eigenvalue weighted by molar-refractivity contribution is -0.121. The summed E-state index contributed by atoms with van der Waals surface area (Å²) in [5.41, 5.74) is 0. The molecule has 2 heteroatoms. The Morgan fingerprint density at radius 3 is 1.88 bits per heavy atom. The van der Waals surface area contributed by atoms with Crippen molar-refractivity contribution in [2.45, 2.75) is 26.9 Å². The van der Waals surface area contributed by atoms with Gasteiger partial charge in [0.1, 0.15) is 12.0 Å². The van der Waals surface area contributed by atoms with Crippen LogP contribution < -0.4 is 0 Å². The minimum Gasteiger partial charge on any atom is -0.300 e. The quantitative estimate of drug-likeness (QED) is 0.538. The second-order valence-corrected chi connectivity index (χ2v) is 2.08. The first-order valence-corrected chi connectivity index (χ1v) is 2.70. The van der Waals surface area contributed by atoms with Gasteiger partial charge in [-0.25, -0.2) is 4.39 Å². The summed E-state index contributed by atoms with van der Waals surface area (Å²) >= 11 is 0. The monoisotopic (exact) mass is 118 g/mol. The minimum absolute atomic E-state index is 0.0833. The highest BCUT2D eigenvalue weighted by Gasteiger charge is 2.14. The lowest BCUT2D eigenvalue weighted by Crippen LogP contribution is -2.16. The van der Waals surface area contributed by atoms with Crippen molar-refractivity contribution in [3.8, 4) is 0 Å². The Morgan fingerprint density at radius 1 is 1.50 bits per heavy atom. The fourth-order valence-corrected chi connectivity index (χ4v) is 0.323. The van der Waals surface area contributed by atoms with Crippen molar-refractivity contribution in [1.29, 1.82) is 0 Å². The van der Waals surface area contributed by atoms with Gasteiger partial charge < -0.3 is 0 Å². The van der Waals surface area contributed by atoms with Gasteiger partial charge in [0, 0.05) is 5.92 Å². The van der Waals surface area contributed by atoms with E-state index in [4.69, 9.17) is 0 Å². The van der Waals surface area contributed by atoms with E-state index in [1.54, 1.807) is 6.92 Å². The summed E-state index contributed by atoms with van der Waals surface area (Å²) in [6.45, 7) is 4.39. The molecule has 8 heavy (non-hydrogen) atoms. The van der Waals surface area contributed by atoms with Crippen LogP contribution in [0, 0.1) is 5.92 Å². The van der Waals surface area contributed by atoms with E-state index in [0.29, 0.717) is 0 Å². The molecule has 0 heterocycles. The third-order valence-electron chi connectivity index (χ3n) is 1.33. The van der Waals surface area contributed by atoms with Crippen molar-refractivity contribution in [2.24, 2.45) is 5.92 Å². The van der Waals surface area contributed by atoms with E-state index < -0.39 is 12.1 Å². The number of carbonyl (C=O) groups is 1. The highest BCUT2D eigenvalue weighted by molar-refractivity contribution is 5.78. The molecule has 0 rings (SSSR count). The second kappa shape index (κ2) is 2.80. The van der Waals surface area contributed by atoms with E-state index in [9.17, 15) is 9.18 Å². The molecule has 0 aliphatic heterocycles. The third-order valence-corrected chi connectivity index (χ3v) is 1.33. The first kappa shape index (κ1) is 7.60. The fraction of sp³-hybridized carbons (Fsp3) is 0.833. The minimum atomic E-state index is -1.01. The number of alkyl halides is 1. The van der Waals surface area contributed by atoms with E-state index >= 15 is 0 Å². The molecule has 2 atom stereocenters. The summed E-state index contributed by atoms with van der Waals surface area (Å²) < 4.78 is 12.1. The highest BCUT2D eigenvalue weighted by Crippen LogP contribution is 2.06. The van der Waals surface area contributed by atoms with Crippen LogP contribution >= 0.6 is 0 Å². The summed E-state index contributed by atoms with van der Waals surface area (Å²) in [6, 6.07) is 0. The average Bonchev–Trinajstić information content (AvgIpc) is 1.64. The molecule has 0 bridgehead atoms. The molecule has 0 aromatic rings. The maximum Gasteiger partial charge on any atom is 0.135 e. The van der Waals surface area contributed by atoms with Gasteiger partial charge in [0.25, 0.3) is 0 Å². The molecule has 0 aromatic heterocycles. The van der Waals surface area contributed by atoms with E-state index in [2.05, 4.69) is 0 Å². The van der Waals surface area contributed by atoms with Crippen molar-refractivity contribution in [3.63, 3.8) is 0 Å². The zero-order valence-electron chi connectivity index (χ0n) is 5.44. The molecule has 0 saturated carbocycles.